The van der Waals surface area contributed by atoms with Crippen molar-refractivity contribution in [2.24, 2.45) is 0 Å². The molecule has 0 bridgehead atoms. The summed E-state index contributed by atoms with van der Waals surface area (Å²) in [6.07, 6.45) is 5.05. The van der Waals surface area contributed by atoms with E-state index < -0.39 is 0 Å². The van der Waals surface area contributed by atoms with Crippen LogP contribution in [0, 0.1) is 0 Å². The first kappa shape index (κ1) is 6.93. The van der Waals surface area contributed by atoms with Gasteiger partial charge in [0.1, 0.15) is 6.33 Å². The largest absolute Gasteiger partial charge is 0.229 e. The van der Waals surface area contributed by atoms with Crippen molar-refractivity contribution >= 4 is 27.5 Å². The molecular formula is C5H3BrN4S. The zero-order chi connectivity index (χ0) is 7.68. The van der Waals surface area contributed by atoms with Gasteiger partial charge in [0.05, 0.1) is 10.7 Å². The molecule has 2 aromatic heterocycles. The van der Waals surface area contributed by atoms with Gasteiger partial charge in [0.25, 0.3) is 0 Å². The second kappa shape index (κ2) is 2.71. The topological polar surface area (TPSA) is 43.6 Å². The van der Waals surface area contributed by atoms with Crippen LogP contribution in [0.1, 0.15) is 0 Å². The van der Waals surface area contributed by atoms with Crippen molar-refractivity contribution in [1.82, 2.24) is 19.1 Å². The fourth-order valence-electron chi connectivity index (χ4n) is 0.674. The van der Waals surface area contributed by atoms with E-state index in [9.17, 15) is 0 Å². The molecule has 0 fully saturated rings. The summed E-state index contributed by atoms with van der Waals surface area (Å²) in [6.45, 7) is 0. The molecule has 0 atom stereocenters. The first-order valence-electron chi connectivity index (χ1n) is 2.83. The van der Waals surface area contributed by atoms with Gasteiger partial charge in [-0.1, -0.05) is 0 Å². The van der Waals surface area contributed by atoms with Crippen LogP contribution >= 0.6 is 27.5 Å². The van der Waals surface area contributed by atoms with E-state index in [1.54, 1.807) is 10.9 Å². The van der Waals surface area contributed by atoms with Crippen LogP contribution in [0.5, 0.6) is 0 Å². The Bertz CT molecular complexity index is 341. The van der Waals surface area contributed by atoms with E-state index in [4.69, 9.17) is 0 Å². The van der Waals surface area contributed by atoms with Gasteiger partial charge in [-0.3, -0.25) is 0 Å². The molecule has 0 saturated carbocycles. The molecule has 2 rings (SSSR count). The molecule has 2 aromatic rings. The Labute approximate surface area is 75.2 Å². The van der Waals surface area contributed by atoms with Gasteiger partial charge in [-0.2, -0.15) is 9.47 Å². The van der Waals surface area contributed by atoms with Crippen LogP contribution in [0.4, 0.5) is 0 Å². The van der Waals surface area contributed by atoms with Crippen LogP contribution in [0.15, 0.2) is 23.2 Å². The summed E-state index contributed by atoms with van der Waals surface area (Å²) in [6, 6.07) is 0. The number of rotatable bonds is 1. The van der Waals surface area contributed by atoms with Gasteiger partial charge >= 0.3 is 0 Å². The third-order valence-corrected chi connectivity index (χ3v) is 2.16. The fraction of sp³-hybridized carbons (Fsp3) is 0. The fourth-order valence-corrected chi connectivity index (χ4v) is 1.43. The maximum atomic E-state index is 4.04. The average molecular weight is 231 g/mol. The monoisotopic (exact) mass is 230 g/mol. The summed E-state index contributed by atoms with van der Waals surface area (Å²) in [7, 11) is 0. The van der Waals surface area contributed by atoms with Crippen LogP contribution in [-0.2, 0) is 0 Å². The van der Waals surface area contributed by atoms with Crippen LogP contribution in [-0.4, -0.2) is 19.1 Å². The number of aromatic nitrogens is 4. The quantitative estimate of drug-likeness (QED) is 0.746. The maximum absolute atomic E-state index is 4.04. The van der Waals surface area contributed by atoms with Gasteiger partial charge in [-0.25, -0.2) is 9.67 Å². The normalized spacial score (nSPS) is 10.3. The SMILES string of the molecule is Brc1cnn(-c2ncns2)c1. The molecule has 56 valence electrons. The van der Waals surface area contributed by atoms with E-state index in [2.05, 4.69) is 30.4 Å². The van der Waals surface area contributed by atoms with E-state index >= 15 is 0 Å². The molecule has 0 amide bonds. The molecule has 2 heterocycles. The van der Waals surface area contributed by atoms with Gasteiger partial charge in [-0.05, 0) is 15.9 Å². The lowest BCUT2D eigenvalue weighted by Crippen LogP contribution is -1.91. The van der Waals surface area contributed by atoms with Crippen molar-refractivity contribution in [1.29, 1.82) is 0 Å². The van der Waals surface area contributed by atoms with Crippen molar-refractivity contribution in [2.45, 2.75) is 0 Å². The van der Waals surface area contributed by atoms with E-state index in [-0.39, 0.29) is 0 Å². The molecule has 0 aliphatic carbocycles. The highest BCUT2D eigenvalue weighted by atomic mass is 79.9. The predicted octanol–water partition coefficient (Wildman–Crippen LogP) is 1.49. The molecule has 11 heavy (non-hydrogen) atoms. The van der Waals surface area contributed by atoms with Crippen LogP contribution < -0.4 is 0 Å². The van der Waals surface area contributed by atoms with Gasteiger partial charge in [-0.15, -0.1) is 0 Å². The van der Waals surface area contributed by atoms with E-state index in [1.807, 2.05) is 6.20 Å². The molecule has 0 spiro atoms. The third-order valence-electron chi connectivity index (χ3n) is 1.10. The lowest BCUT2D eigenvalue weighted by molar-refractivity contribution is 0.869. The van der Waals surface area contributed by atoms with Crippen molar-refractivity contribution in [3.05, 3.63) is 23.2 Å². The predicted molar refractivity (Wildman–Crippen MR) is 44.7 cm³/mol. The summed E-state index contributed by atoms with van der Waals surface area (Å²) in [4.78, 5) is 3.99. The van der Waals surface area contributed by atoms with Crippen molar-refractivity contribution in [3.63, 3.8) is 0 Å². The molecule has 0 unspecified atom stereocenters. The maximum Gasteiger partial charge on any atom is 0.229 e. The summed E-state index contributed by atoms with van der Waals surface area (Å²) in [5.41, 5.74) is 0. The number of halogens is 1. The molecule has 0 aromatic carbocycles. The average Bonchev–Trinajstić information content (AvgIpc) is 2.55. The van der Waals surface area contributed by atoms with E-state index in [0.29, 0.717) is 0 Å². The van der Waals surface area contributed by atoms with Gasteiger partial charge in [0.2, 0.25) is 5.13 Å². The lowest BCUT2D eigenvalue weighted by atomic mass is 10.7. The van der Waals surface area contributed by atoms with Crippen molar-refractivity contribution in [2.75, 3.05) is 0 Å². The van der Waals surface area contributed by atoms with Gasteiger partial charge in [0.15, 0.2) is 0 Å². The minimum Gasteiger partial charge on any atom is -0.211 e. The molecular weight excluding hydrogens is 228 g/mol. The Kier molecular flexibility index (Phi) is 1.71. The molecule has 6 heteroatoms. The molecule has 0 aliphatic heterocycles. The van der Waals surface area contributed by atoms with E-state index in [0.717, 1.165) is 9.60 Å². The Morgan fingerprint density at radius 1 is 1.55 bits per heavy atom. The van der Waals surface area contributed by atoms with Crippen molar-refractivity contribution in [3.8, 4) is 5.13 Å². The van der Waals surface area contributed by atoms with E-state index in [1.165, 1.54) is 17.9 Å². The Morgan fingerprint density at radius 2 is 2.45 bits per heavy atom. The Balaban J connectivity index is 2.45. The highest BCUT2D eigenvalue weighted by Gasteiger charge is 2.00. The Hall–Kier alpha value is -0.750. The van der Waals surface area contributed by atoms with Crippen molar-refractivity contribution < 1.29 is 0 Å². The van der Waals surface area contributed by atoms with Crippen LogP contribution in [0.25, 0.3) is 5.13 Å². The van der Waals surface area contributed by atoms with Crippen LogP contribution in [0.3, 0.4) is 0 Å². The lowest BCUT2D eigenvalue weighted by Gasteiger charge is -1.88. The highest BCUT2D eigenvalue weighted by Crippen LogP contribution is 2.11. The zero-order valence-corrected chi connectivity index (χ0v) is 7.71. The summed E-state index contributed by atoms with van der Waals surface area (Å²) >= 11 is 4.60. The smallest absolute Gasteiger partial charge is 0.211 e. The molecule has 0 N–H and O–H groups in total. The minimum absolute atomic E-state index is 0.774. The number of nitrogens with zero attached hydrogens (tertiary/aromatic N) is 4. The molecule has 0 radical (unpaired) electrons. The summed E-state index contributed by atoms with van der Waals surface area (Å²) in [5.74, 6) is 0. The number of hydrogen-bond donors (Lipinski definition) is 0. The van der Waals surface area contributed by atoms with Gasteiger partial charge in [0, 0.05) is 17.7 Å². The zero-order valence-electron chi connectivity index (χ0n) is 5.31. The molecule has 0 aliphatic rings. The number of hydrogen-bond acceptors (Lipinski definition) is 4. The molecule has 4 nitrogen and oxygen atoms in total. The standard InChI is InChI=1S/C5H3BrN4S/c6-4-1-8-10(2-4)5-7-3-9-11-5/h1-3H. The third kappa shape index (κ3) is 1.31. The first-order valence-corrected chi connectivity index (χ1v) is 4.40. The first-order chi connectivity index (χ1) is 5.36. The van der Waals surface area contributed by atoms with Gasteiger partial charge < -0.3 is 0 Å². The Morgan fingerprint density at radius 3 is 3.00 bits per heavy atom. The second-order valence-corrected chi connectivity index (χ2v) is 3.50. The highest BCUT2D eigenvalue weighted by molar-refractivity contribution is 9.10. The minimum atomic E-state index is 0.774. The summed E-state index contributed by atoms with van der Waals surface area (Å²) < 4.78 is 6.47. The second-order valence-electron chi connectivity index (χ2n) is 1.83. The molecule has 0 saturated heterocycles. The summed E-state index contributed by atoms with van der Waals surface area (Å²) in [5, 5.41) is 4.81. The van der Waals surface area contributed by atoms with Crippen LogP contribution in [0.2, 0.25) is 0 Å².